The van der Waals surface area contributed by atoms with Crippen molar-refractivity contribution in [3.8, 4) is 0 Å². The Bertz CT molecular complexity index is 1360. The summed E-state index contributed by atoms with van der Waals surface area (Å²) in [6.07, 6.45) is 4.65. The first-order valence-corrected chi connectivity index (χ1v) is 17.9. The summed E-state index contributed by atoms with van der Waals surface area (Å²) in [4.78, 5) is 0.451. The lowest BCUT2D eigenvalue weighted by Crippen LogP contribution is -2.65. The van der Waals surface area contributed by atoms with Crippen LogP contribution in [0.3, 0.4) is 0 Å². The van der Waals surface area contributed by atoms with E-state index in [1.165, 1.54) is 29.6 Å². The lowest BCUT2D eigenvalue weighted by Gasteiger charge is -2.48. The quantitative estimate of drug-likeness (QED) is 0.345. The van der Waals surface area contributed by atoms with Crippen molar-refractivity contribution in [1.29, 1.82) is 0 Å². The third-order valence-corrected chi connectivity index (χ3v) is 18.7. The summed E-state index contributed by atoms with van der Waals surface area (Å²) in [5.74, 6) is 1.03. The molecule has 0 radical (unpaired) electrons. The molecule has 1 saturated heterocycles. The molecule has 5 heteroatoms. The number of aryl methyl sites for hydroxylation is 1. The van der Waals surface area contributed by atoms with E-state index in [4.69, 9.17) is 0 Å². The van der Waals surface area contributed by atoms with Crippen LogP contribution in [0.2, 0.25) is 11.1 Å². The highest BCUT2D eigenvalue weighted by Gasteiger charge is 2.66. The molecule has 3 aromatic rings. The molecule has 0 aromatic heterocycles. The number of hydrogen-bond donors (Lipinski definition) is 0. The standard InChI is InChI=1S/C33H41NO2SSi/c1-25-15-17-28(18-16-25)37(35,36)34-23-27(33-20-19-26(22-33)21-31(33)34)24-38(32(2,3)4,29-11-7-5-8-12-29)30-13-9-6-10-14-30/h5-18,26-27,31H,19-24H2,1-4H3/t26-,27+,31-,33-/m0/s1. The minimum absolute atomic E-state index is 0.0711. The molecule has 1 aliphatic heterocycles. The van der Waals surface area contributed by atoms with Crippen LogP contribution in [0.25, 0.3) is 0 Å². The smallest absolute Gasteiger partial charge is 0.207 e. The molecular weight excluding hydrogens is 503 g/mol. The normalized spacial score (nSPS) is 27.5. The van der Waals surface area contributed by atoms with Crippen LogP contribution in [0.4, 0.5) is 0 Å². The Morgan fingerprint density at radius 2 is 1.47 bits per heavy atom. The van der Waals surface area contributed by atoms with Gasteiger partial charge in [-0.05, 0) is 73.1 Å². The maximum atomic E-state index is 14.1. The first-order valence-electron chi connectivity index (χ1n) is 14.3. The van der Waals surface area contributed by atoms with Crippen LogP contribution in [0.5, 0.6) is 0 Å². The van der Waals surface area contributed by atoms with Gasteiger partial charge in [-0.2, -0.15) is 4.31 Å². The second-order valence-electron chi connectivity index (χ2n) is 13.3. The fourth-order valence-corrected chi connectivity index (χ4v) is 16.3. The summed E-state index contributed by atoms with van der Waals surface area (Å²) in [5.41, 5.74) is 1.20. The predicted molar refractivity (Wildman–Crippen MR) is 159 cm³/mol. The van der Waals surface area contributed by atoms with Gasteiger partial charge in [-0.25, -0.2) is 8.42 Å². The topological polar surface area (TPSA) is 37.4 Å². The third kappa shape index (κ3) is 3.88. The molecule has 2 saturated carbocycles. The molecule has 1 spiro atoms. The molecule has 1 heterocycles. The number of rotatable bonds is 6. The Balaban J connectivity index is 1.48. The highest BCUT2D eigenvalue weighted by Crippen LogP contribution is 2.65. The molecule has 2 bridgehead atoms. The van der Waals surface area contributed by atoms with Crippen molar-refractivity contribution in [3.63, 3.8) is 0 Å². The van der Waals surface area contributed by atoms with E-state index in [1.807, 2.05) is 23.4 Å². The average molecular weight is 544 g/mol. The van der Waals surface area contributed by atoms with Crippen LogP contribution >= 0.6 is 0 Å². The lowest BCUT2D eigenvalue weighted by atomic mass is 9.74. The Hall–Kier alpha value is -2.21. The SMILES string of the molecule is Cc1ccc(S(=O)(=O)N2C[C@H](C[Si](c3ccccc3)(c3ccccc3)C(C)(C)C)[C@@]34CC[C@@H](C[C@H]23)C4)cc1. The van der Waals surface area contributed by atoms with Gasteiger partial charge in [0, 0.05) is 12.6 Å². The van der Waals surface area contributed by atoms with E-state index < -0.39 is 18.1 Å². The van der Waals surface area contributed by atoms with Crippen LogP contribution in [-0.2, 0) is 10.0 Å². The van der Waals surface area contributed by atoms with E-state index in [9.17, 15) is 8.42 Å². The zero-order valence-corrected chi connectivity index (χ0v) is 25.0. The van der Waals surface area contributed by atoms with Gasteiger partial charge in [-0.1, -0.05) is 110 Å². The highest BCUT2D eigenvalue weighted by atomic mass is 32.2. The van der Waals surface area contributed by atoms with E-state index in [-0.39, 0.29) is 16.5 Å². The Morgan fingerprint density at radius 1 is 0.895 bits per heavy atom. The molecule has 0 unspecified atom stereocenters. The summed E-state index contributed by atoms with van der Waals surface area (Å²) >= 11 is 0. The van der Waals surface area contributed by atoms with Crippen LogP contribution < -0.4 is 10.4 Å². The average Bonchev–Trinajstić information content (AvgIpc) is 3.58. The number of fused-ring (bicyclic) bond motifs is 1. The van der Waals surface area contributed by atoms with E-state index in [2.05, 4.69) is 81.4 Å². The monoisotopic (exact) mass is 543 g/mol. The van der Waals surface area contributed by atoms with Crippen molar-refractivity contribution < 1.29 is 8.42 Å². The largest absolute Gasteiger partial charge is 0.243 e. The summed E-state index contributed by atoms with van der Waals surface area (Å²) in [6, 6.07) is 31.1. The Labute approximate surface area is 230 Å². The second-order valence-corrected chi connectivity index (χ2v) is 20.0. The van der Waals surface area contributed by atoms with E-state index in [1.54, 1.807) is 12.1 Å². The summed E-state index contributed by atoms with van der Waals surface area (Å²) in [6.45, 7) is 9.94. The van der Waals surface area contributed by atoms with Gasteiger partial charge in [0.15, 0.2) is 0 Å². The van der Waals surface area contributed by atoms with Gasteiger partial charge in [0.1, 0.15) is 8.07 Å². The van der Waals surface area contributed by atoms with Gasteiger partial charge < -0.3 is 0 Å². The lowest BCUT2D eigenvalue weighted by molar-refractivity contribution is 0.192. The van der Waals surface area contributed by atoms with Crippen molar-refractivity contribution in [2.45, 2.75) is 75.4 Å². The molecule has 6 rings (SSSR count). The van der Waals surface area contributed by atoms with Crippen LogP contribution in [0.1, 0.15) is 52.0 Å². The summed E-state index contributed by atoms with van der Waals surface area (Å²) in [7, 11) is -5.86. The molecular formula is C33H41NO2SSi. The van der Waals surface area contributed by atoms with Crippen LogP contribution in [-0.4, -0.2) is 33.4 Å². The van der Waals surface area contributed by atoms with Crippen molar-refractivity contribution in [1.82, 2.24) is 4.31 Å². The second kappa shape index (κ2) is 9.18. The van der Waals surface area contributed by atoms with E-state index in [0.717, 1.165) is 18.0 Å². The fraction of sp³-hybridized carbons (Fsp3) is 0.455. The first kappa shape index (κ1) is 26.0. The van der Waals surface area contributed by atoms with Gasteiger partial charge in [-0.3, -0.25) is 0 Å². The number of nitrogens with zero attached hydrogens (tertiary/aromatic N) is 1. The van der Waals surface area contributed by atoms with Crippen molar-refractivity contribution in [3.05, 3.63) is 90.5 Å². The fourth-order valence-electron chi connectivity index (χ4n) is 8.61. The van der Waals surface area contributed by atoms with E-state index in [0.29, 0.717) is 23.3 Å². The van der Waals surface area contributed by atoms with E-state index >= 15 is 0 Å². The molecule has 4 atom stereocenters. The maximum Gasteiger partial charge on any atom is 0.243 e. The zero-order chi connectivity index (χ0) is 26.8. The molecule has 3 fully saturated rings. The Morgan fingerprint density at radius 3 is 2.00 bits per heavy atom. The molecule has 200 valence electrons. The van der Waals surface area contributed by atoms with Gasteiger partial charge in [-0.15, -0.1) is 0 Å². The maximum absolute atomic E-state index is 14.1. The molecule has 2 aliphatic carbocycles. The zero-order valence-electron chi connectivity index (χ0n) is 23.2. The molecule has 38 heavy (non-hydrogen) atoms. The molecule has 0 amide bonds. The molecule has 3 aliphatic rings. The van der Waals surface area contributed by atoms with Crippen molar-refractivity contribution >= 4 is 28.5 Å². The third-order valence-electron chi connectivity index (χ3n) is 10.5. The van der Waals surface area contributed by atoms with Gasteiger partial charge in [0.2, 0.25) is 10.0 Å². The molecule has 3 aromatic carbocycles. The summed E-state index contributed by atoms with van der Waals surface area (Å²) in [5, 5.41) is 3.01. The van der Waals surface area contributed by atoms with Crippen LogP contribution in [0, 0.1) is 24.2 Å². The summed E-state index contributed by atoms with van der Waals surface area (Å²) < 4.78 is 30.3. The van der Waals surface area contributed by atoms with Crippen molar-refractivity contribution in [2.24, 2.45) is 17.3 Å². The minimum atomic E-state index is -3.54. The van der Waals surface area contributed by atoms with Crippen molar-refractivity contribution in [2.75, 3.05) is 6.54 Å². The first-order chi connectivity index (χ1) is 18.1. The Kier molecular flexibility index (Phi) is 6.29. The minimum Gasteiger partial charge on any atom is -0.207 e. The van der Waals surface area contributed by atoms with Gasteiger partial charge in [0.25, 0.3) is 0 Å². The predicted octanol–water partition coefficient (Wildman–Crippen LogP) is 6.24. The number of hydrogen-bond acceptors (Lipinski definition) is 2. The molecule has 0 N–H and O–H groups in total. The van der Waals surface area contributed by atoms with Gasteiger partial charge in [0.05, 0.1) is 4.90 Å². The van der Waals surface area contributed by atoms with Gasteiger partial charge >= 0.3 is 0 Å². The molecule has 3 nitrogen and oxygen atoms in total. The van der Waals surface area contributed by atoms with Crippen LogP contribution in [0.15, 0.2) is 89.8 Å². The highest BCUT2D eigenvalue weighted by molar-refractivity contribution is 7.89. The number of sulfonamides is 1. The number of benzene rings is 3.